The predicted octanol–water partition coefficient (Wildman–Crippen LogP) is 2.18. The molecule has 1 saturated heterocycles. The summed E-state index contributed by atoms with van der Waals surface area (Å²) >= 11 is 0. The van der Waals surface area contributed by atoms with Gasteiger partial charge in [0, 0.05) is 25.2 Å². The Morgan fingerprint density at radius 3 is 2.57 bits per heavy atom. The Hall–Kier alpha value is -1.30. The van der Waals surface area contributed by atoms with E-state index in [1.54, 1.807) is 4.90 Å². The molecule has 0 radical (unpaired) electrons. The van der Waals surface area contributed by atoms with Crippen molar-refractivity contribution in [2.24, 2.45) is 0 Å². The van der Waals surface area contributed by atoms with Crippen molar-refractivity contribution >= 4 is 12.0 Å². The zero-order valence-electron chi connectivity index (χ0n) is 13.6. The van der Waals surface area contributed by atoms with Crippen molar-refractivity contribution in [3.63, 3.8) is 0 Å². The number of likely N-dealkylation sites (tertiary alicyclic amines) is 1. The van der Waals surface area contributed by atoms with Crippen LogP contribution in [-0.2, 0) is 9.53 Å². The zero-order chi connectivity index (χ0) is 16.0. The maximum Gasteiger partial charge on any atom is 0.323 e. The summed E-state index contributed by atoms with van der Waals surface area (Å²) in [4.78, 5) is 26.8. The molecule has 6 nitrogen and oxygen atoms in total. The number of aliphatic carboxylic acids is 1. The lowest BCUT2D eigenvalue weighted by Crippen LogP contribution is -2.56. The van der Waals surface area contributed by atoms with Gasteiger partial charge in [-0.05, 0) is 40.0 Å². The quantitative estimate of drug-likeness (QED) is 0.845. The topological polar surface area (TPSA) is 70.1 Å². The maximum atomic E-state index is 12.6. The van der Waals surface area contributed by atoms with Gasteiger partial charge >= 0.3 is 12.0 Å². The fourth-order valence-corrected chi connectivity index (χ4v) is 2.43. The number of ether oxygens (including phenoxy) is 1. The van der Waals surface area contributed by atoms with Crippen molar-refractivity contribution in [2.45, 2.75) is 58.6 Å². The minimum Gasteiger partial charge on any atom is -0.480 e. The molecular formula is C15H28N2O4. The molecule has 0 spiro atoms. The summed E-state index contributed by atoms with van der Waals surface area (Å²) in [5.41, 5.74) is -0.521. The summed E-state index contributed by atoms with van der Waals surface area (Å²) in [5.74, 6) is -0.992. The van der Waals surface area contributed by atoms with Crippen LogP contribution in [0.1, 0.15) is 47.0 Å². The van der Waals surface area contributed by atoms with E-state index >= 15 is 0 Å². The van der Waals surface area contributed by atoms with Gasteiger partial charge in [-0.3, -0.25) is 4.79 Å². The Morgan fingerprint density at radius 1 is 1.38 bits per heavy atom. The van der Waals surface area contributed by atoms with Gasteiger partial charge in [-0.15, -0.1) is 0 Å². The smallest absolute Gasteiger partial charge is 0.323 e. The van der Waals surface area contributed by atoms with E-state index in [1.165, 1.54) is 4.90 Å². The largest absolute Gasteiger partial charge is 0.480 e. The van der Waals surface area contributed by atoms with Crippen LogP contribution >= 0.6 is 0 Å². The number of rotatable bonds is 5. The molecule has 1 rings (SSSR count). The number of hydrogen-bond acceptors (Lipinski definition) is 3. The van der Waals surface area contributed by atoms with Crippen LogP contribution < -0.4 is 0 Å². The number of carboxylic acid groups (broad SMARTS) is 1. The number of carbonyl (C=O) groups excluding carboxylic acids is 1. The molecule has 1 aliphatic rings. The van der Waals surface area contributed by atoms with Gasteiger partial charge in [-0.25, -0.2) is 4.79 Å². The van der Waals surface area contributed by atoms with E-state index in [2.05, 4.69) is 6.92 Å². The molecule has 0 bridgehead atoms. The molecule has 1 N–H and O–H groups in total. The second kappa shape index (κ2) is 7.64. The van der Waals surface area contributed by atoms with Crippen LogP contribution in [-0.4, -0.2) is 64.8 Å². The average molecular weight is 300 g/mol. The molecule has 1 atom stereocenters. The molecule has 0 aromatic carbocycles. The molecule has 122 valence electrons. The predicted molar refractivity (Wildman–Crippen MR) is 80.3 cm³/mol. The van der Waals surface area contributed by atoms with Gasteiger partial charge < -0.3 is 19.6 Å². The minimum absolute atomic E-state index is 0.0642. The normalized spacial score (nSPS) is 19.4. The van der Waals surface area contributed by atoms with E-state index in [0.717, 1.165) is 19.3 Å². The molecule has 2 amide bonds. The SMILES string of the molecule is CCCOC1CCCN(C(=O)N(CC(=O)O)C(C)(C)C)C1. The molecule has 1 fully saturated rings. The van der Waals surface area contributed by atoms with E-state index in [9.17, 15) is 9.59 Å². The van der Waals surface area contributed by atoms with Crippen molar-refractivity contribution in [3.8, 4) is 0 Å². The van der Waals surface area contributed by atoms with Crippen LogP contribution in [0.5, 0.6) is 0 Å². The molecule has 0 aliphatic carbocycles. The highest BCUT2D eigenvalue weighted by molar-refractivity contribution is 5.81. The number of piperidine rings is 1. The third-order valence-corrected chi connectivity index (χ3v) is 3.54. The van der Waals surface area contributed by atoms with Gasteiger partial charge in [-0.1, -0.05) is 6.92 Å². The highest BCUT2D eigenvalue weighted by Crippen LogP contribution is 2.20. The minimum atomic E-state index is -0.992. The average Bonchev–Trinajstić information content (AvgIpc) is 2.40. The van der Waals surface area contributed by atoms with Gasteiger partial charge in [0.2, 0.25) is 0 Å². The first-order chi connectivity index (χ1) is 9.75. The fourth-order valence-electron chi connectivity index (χ4n) is 2.43. The van der Waals surface area contributed by atoms with Gasteiger partial charge in [-0.2, -0.15) is 0 Å². The summed E-state index contributed by atoms with van der Waals surface area (Å²) in [6.07, 6.45) is 2.87. The number of nitrogens with zero attached hydrogens (tertiary/aromatic N) is 2. The standard InChI is InChI=1S/C15H28N2O4/c1-5-9-21-12-7-6-8-16(10-12)14(20)17(11-13(18)19)15(2,3)4/h12H,5-11H2,1-4H3,(H,18,19). The number of carboxylic acids is 1. The summed E-state index contributed by atoms with van der Waals surface area (Å²) in [7, 11) is 0. The van der Waals surface area contributed by atoms with Crippen LogP contribution in [0.2, 0.25) is 0 Å². The van der Waals surface area contributed by atoms with Gasteiger partial charge in [0.25, 0.3) is 0 Å². The molecule has 6 heteroatoms. The van der Waals surface area contributed by atoms with Gasteiger partial charge in [0.1, 0.15) is 6.54 Å². The van der Waals surface area contributed by atoms with Gasteiger partial charge in [0.15, 0.2) is 0 Å². The van der Waals surface area contributed by atoms with Gasteiger partial charge in [0.05, 0.1) is 6.10 Å². The van der Waals surface area contributed by atoms with Crippen LogP contribution in [0, 0.1) is 0 Å². The second-order valence-corrected chi connectivity index (χ2v) is 6.51. The van der Waals surface area contributed by atoms with Crippen molar-refractivity contribution in [1.82, 2.24) is 9.80 Å². The lowest BCUT2D eigenvalue weighted by molar-refractivity contribution is -0.138. The molecular weight excluding hydrogens is 272 g/mol. The van der Waals surface area contributed by atoms with Crippen LogP contribution in [0.15, 0.2) is 0 Å². The third kappa shape index (κ3) is 5.53. The highest BCUT2D eigenvalue weighted by atomic mass is 16.5. The molecule has 1 heterocycles. The van der Waals surface area contributed by atoms with Crippen LogP contribution in [0.3, 0.4) is 0 Å². The lowest BCUT2D eigenvalue weighted by Gasteiger charge is -2.41. The van der Waals surface area contributed by atoms with E-state index in [4.69, 9.17) is 9.84 Å². The molecule has 1 aliphatic heterocycles. The Bertz CT molecular complexity index is 365. The maximum absolute atomic E-state index is 12.6. The number of hydrogen-bond donors (Lipinski definition) is 1. The zero-order valence-corrected chi connectivity index (χ0v) is 13.6. The number of urea groups is 1. The van der Waals surface area contributed by atoms with E-state index < -0.39 is 11.5 Å². The summed E-state index contributed by atoms with van der Waals surface area (Å²) in [6, 6.07) is -0.213. The molecule has 0 aromatic rings. The Morgan fingerprint density at radius 2 is 2.05 bits per heavy atom. The fraction of sp³-hybridized carbons (Fsp3) is 0.867. The van der Waals surface area contributed by atoms with Crippen molar-refractivity contribution in [2.75, 3.05) is 26.2 Å². The van der Waals surface area contributed by atoms with Crippen molar-refractivity contribution in [3.05, 3.63) is 0 Å². The van der Waals surface area contributed by atoms with E-state index in [0.29, 0.717) is 19.7 Å². The van der Waals surface area contributed by atoms with E-state index in [-0.39, 0.29) is 18.7 Å². The number of carbonyl (C=O) groups is 2. The Balaban J connectivity index is 2.71. The van der Waals surface area contributed by atoms with Crippen LogP contribution in [0.4, 0.5) is 4.79 Å². The van der Waals surface area contributed by atoms with E-state index in [1.807, 2.05) is 20.8 Å². The second-order valence-electron chi connectivity index (χ2n) is 6.51. The van der Waals surface area contributed by atoms with Crippen molar-refractivity contribution in [1.29, 1.82) is 0 Å². The summed E-state index contributed by atoms with van der Waals surface area (Å²) in [6.45, 7) is 9.24. The number of amides is 2. The molecule has 0 aromatic heterocycles. The molecule has 0 saturated carbocycles. The summed E-state index contributed by atoms with van der Waals surface area (Å²) < 4.78 is 5.73. The first-order valence-electron chi connectivity index (χ1n) is 7.65. The van der Waals surface area contributed by atoms with Crippen LogP contribution in [0.25, 0.3) is 0 Å². The first-order valence-corrected chi connectivity index (χ1v) is 7.65. The Labute approximate surface area is 127 Å². The highest BCUT2D eigenvalue weighted by Gasteiger charge is 2.34. The monoisotopic (exact) mass is 300 g/mol. The summed E-state index contributed by atoms with van der Waals surface area (Å²) in [5, 5.41) is 9.03. The van der Waals surface area contributed by atoms with Crippen molar-refractivity contribution < 1.29 is 19.4 Å². The molecule has 21 heavy (non-hydrogen) atoms. The third-order valence-electron chi connectivity index (χ3n) is 3.54. The molecule has 1 unspecified atom stereocenters. The first kappa shape index (κ1) is 17.8. The lowest BCUT2D eigenvalue weighted by atomic mass is 10.1. The Kier molecular flexibility index (Phi) is 6.45.